The van der Waals surface area contributed by atoms with Gasteiger partial charge in [-0.1, -0.05) is 6.92 Å². The molecule has 2 fully saturated rings. The van der Waals surface area contributed by atoms with Crippen molar-refractivity contribution in [1.82, 2.24) is 14.5 Å². The molecule has 3 aliphatic heterocycles. The Hall–Kier alpha value is -1.94. The average Bonchev–Trinajstić information content (AvgIpc) is 3.25. The third-order valence-electron chi connectivity index (χ3n) is 7.20. The summed E-state index contributed by atoms with van der Waals surface area (Å²) < 4.78 is 9.31. The van der Waals surface area contributed by atoms with E-state index in [-0.39, 0.29) is 30.1 Å². The van der Waals surface area contributed by atoms with Crippen molar-refractivity contribution in [2.75, 3.05) is 44.2 Å². The zero-order valence-electron chi connectivity index (χ0n) is 22.8. The van der Waals surface area contributed by atoms with E-state index in [0.29, 0.717) is 6.54 Å². The van der Waals surface area contributed by atoms with Gasteiger partial charge in [-0.3, -0.25) is 0 Å². The van der Waals surface area contributed by atoms with Gasteiger partial charge in [0.2, 0.25) is 5.36 Å². The van der Waals surface area contributed by atoms with Crippen LogP contribution < -0.4 is 38.8 Å². The molecule has 2 saturated heterocycles. The molecule has 8 heteroatoms. The second kappa shape index (κ2) is 11.4. The van der Waals surface area contributed by atoms with Crippen molar-refractivity contribution in [1.29, 1.82) is 0 Å². The van der Waals surface area contributed by atoms with Crippen LogP contribution in [0.1, 0.15) is 58.1 Å². The summed E-state index contributed by atoms with van der Waals surface area (Å²) in [6.45, 7) is 15.6. The highest BCUT2D eigenvalue weighted by Gasteiger charge is 2.26. The van der Waals surface area contributed by atoms with Crippen LogP contribution in [0.2, 0.25) is 0 Å². The predicted octanol–water partition coefficient (Wildman–Crippen LogP) is 2.29. The van der Waals surface area contributed by atoms with Gasteiger partial charge in [0.1, 0.15) is 12.1 Å². The first kappa shape index (κ1) is 28.1. The number of hydrogen-bond donors (Lipinski definition) is 0. The van der Waals surface area contributed by atoms with Crippen molar-refractivity contribution >= 4 is 33.3 Å². The highest BCUT2D eigenvalue weighted by atomic mass is 127. The number of carbonyl (C=O) groups is 1. The number of aromatic nitrogens is 1. The largest absolute Gasteiger partial charge is 1.00 e. The van der Waals surface area contributed by atoms with Crippen molar-refractivity contribution in [2.45, 2.75) is 65.9 Å². The molecular weight excluding hydrogens is 595 g/mol. The topological polar surface area (TPSA) is 48.7 Å². The molecule has 0 N–H and O–H groups in total. The maximum Gasteiger partial charge on any atom is 0.410 e. The monoisotopic (exact) mass is 634 g/mol. The zero-order valence-corrected chi connectivity index (χ0v) is 25.7. The zero-order chi connectivity index (χ0) is 25.4. The first-order valence-corrected chi connectivity index (χ1v) is 14.2. The lowest BCUT2D eigenvalue weighted by atomic mass is 10.1. The summed E-state index contributed by atoms with van der Waals surface area (Å²) >= 11 is 1.86. The Morgan fingerprint density at radius 3 is 2.51 bits per heavy atom. The molecule has 0 unspecified atom stereocenters. The molecule has 0 bridgehead atoms. The van der Waals surface area contributed by atoms with Gasteiger partial charge in [0.15, 0.2) is 6.54 Å². The number of halogens is 1. The number of nitrogens with zero attached hydrogens (tertiary/aromatic N) is 4. The molecule has 0 radical (unpaired) electrons. The molecule has 37 heavy (non-hydrogen) atoms. The Balaban J connectivity index is 0.00000320. The van der Waals surface area contributed by atoms with Crippen LogP contribution in [0.4, 0.5) is 10.5 Å². The number of ether oxygens (including phenoxy) is 1. The van der Waals surface area contributed by atoms with Gasteiger partial charge in [-0.2, -0.15) is 0 Å². The lowest BCUT2D eigenvalue weighted by Crippen LogP contribution is -3.00. The van der Waals surface area contributed by atoms with E-state index in [1.165, 1.54) is 44.6 Å². The number of aryl methyl sites for hydroxylation is 2. The first-order valence-electron chi connectivity index (χ1n) is 13.4. The van der Waals surface area contributed by atoms with Crippen LogP contribution in [-0.4, -0.2) is 60.8 Å². The molecule has 0 atom stereocenters. The first-order chi connectivity index (χ1) is 17.2. The van der Waals surface area contributed by atoms with Crippen LogP contribution in [0.3, 0.4) is 0 Å². The van der Waals surface area contributed by atoms with Gasteiger partial charge in [-0.05, 0) is 70.2 Å². The fourth-order valence-corrected chi connectivity index (χ4v) is 6.50. The fraction of sp³-hybridized carbons (Fsp3) is 0.552. The summed E-state index contributed by atoms with van der Waals surface area (Å²) in [6.07, 6.45) is 4.22. The maximum absolute atomic E-state index is 12.6. The van der Waals surface area contributed by atoms with Crippen LogP contribution >= 0.6 is 11.3 Å². The Kier molecular flexibility index (Phi) is 8.68. The third kappa shape index (κ3) is 6.21. The van der Waals surface area contributed by atoms with Crippen molar-refractivity contribution in [2.24, 2.45) is 0 Å². The van der Waals surface area contributed by atoms with Crippen molar-refractivity contribution in [3.8, 4) is 10.6 Å². The van der Waals surface area contributed by atoms with Crippen molar-refractivity contribution in [3.63, 3.8) is 0 Å². The van der Waals surface area contributed by atoms with E-state index in [4.69, 9.17) is 9.72 Å². The summed E-state index contributed by atoms with van der Waals surface area (Å²) in [7, 11) is 0. The van der Waals surface area contributed by atoms with Gasteiger partial charge in [0.25, 0.3) is 0 Å². The Morgan fingerprint density at radius 2 is 1.81 bits per heavy atom. The van der Waals surface area contributed by atoms with E-state index in [1.807, 2.05) is 37.0 Å². The number of hydrogen-bond acceptors (Lipinski definition) is 5. The molecular formula is C29H39IN4O2S. The summed E-state index contributed by atoms with van der Waals surface area (Å²) in [5.74, 6) is 0. The number of anilines is 1. The maximum atomic E-state index is 12.6. The van der Waals surface area contributed by atoms with Gasteiger partial charge in [-0.25, -0.2) is 14.4 Å². The summed E-state index contributed by atoms with van der Waals surface area (Å²) in [6, 6.07) is 9.28. The van der Waals surface area contributed by atoms with E-state index in [0.717, 1.165) is 56.8 Å². The van der Waals surface area contributed by atoms with Crippen molar-refractivity contribution in [3.05, 3.63) is 40.7 Å². The summed E-state index contributed by atoms with van der Waals surface area (Å²) in [5, 5.41) is 1.23. The second-order valence-corrected chi connectivity index (χ2v) is 12.2. The van der Waals surface area contributed by atoms with Gasteiger partial charge >= 0.3 is 6.09 Å². The standard InChI is InChI=1S/C29H39N4O2S.HI/c1-6-21-17-23(32-12-9-13-33(15-14-32)28(34)35-29(3,4)5)19-25-27(21)30-26-20(2)16-22(18-24(26)36-25)31-10-7-8-11-31;/h16-19H,6-15H2,1-5H3;1H/q+1;/p-1. The van der Waals surface area contributed by atoms with Gasteiger partial charge in [0, 0.05) is 43.9 Å². The van der Waals surface area contributed by atoms with E-state index >= 15 is 0 Å². The smallest absolute Gasteiger partial charge is 0.410 e. The highest BCUT2D eigenvalue weighted by molar-refractivity contribution is 7.21. The Labute approximate surface area is 241 Å². The summed E-state index contributed by atoms with van der Waals surface area (Å²) in [5.41, 5.74) is 5.66. The van der Waals surface area contributed by atoms with Gasteiger partial charge in [0.05, 0.1) is 27.3 Å². The quantitative estimate of drug-likeness (QED) is 0.247. The number of benzene rings is 2. The van der Waals surface area contributed by atoms with Gasteiger partial charge in [-0.15, -0.1) is 11.3 Å². The molecule has 200 valence electrons. The molecule has 6 nitrogen and oxygen atoms in total. The SMILES string of the molecule is CCc1cc(=[N+]2CCCN(C(=O)OC(C)(C)C)CC2)cc2sc3cc(N4CCCC4)cc(C)c3nc1-2.[I-]. The molecule has 1 aromatic carbocycles. The third-order valence-corrected chi connectivity index (χ3v) is 8.26. The number of rotatable bonds is 2. The molecule has 1 aliphatic carbocycles. The van der Waals surface area contributed by atoms with Crippen molar-refractivity contribution < 1.29 is 33.5 Å². The number of fused-ring (bicyclic) bond motifs is 2. The molecule has 4 aliphatic rings. The predicted molar refractivity (Wildman–Crippen MR) is 149 cm³/mol. The molecule has 1 aromatic rings. The Morgan fingerprint density at radius 1 is 1.05 bits per heavy atom. The Bertz CT molecular complexity index is 1320. The van der Waals surface area contributed by atoms with E-state index in [1.54, 1.807) is 0 Å². The van der Waals surface area contributed by atoms with E-state index in [2.05, 4.69) is 47.6 Å². The lowest BCUT2D eigenvalue weighted by Gasteiger charge is -2.25. The molecule has 0 saturated carbocycles. The molecule has 0 aromatic heterocycles. The minimum atomic E-state index is -0.471. The minimum Gasteiger partial charge on any atom is -1.00 e. The van der Waals surface area contributed by atoms with Crippen LogP contribution in [0.15, 0.2) is 24.3 Å². The fourth-order valence-electron chi connectivity index (χ4n) is 5.33. The molecule has 5 rings (SSSR count). The van der Waals surface area contributed by atoms with Crippen LogP contribution in [0, 0.1) is 6.92 Å². The van der Waals surface area contributed by atoms with Crippen LogP contribution in [0.5, 0.6) is 0 Å². The molecule has 3 heterocycles. The van der Waals surface area contributed by atoms with Gasteiger partial charge < -0.3 is 38.5 Å². The van der Waals surface area contributed by atoms with E-state index in [9.17, 15) is 4.79 Å². The minimum absolute atomic E-state index is 0. The van der Waals surface area contributed by atoms with Crippen LogP contribution in [0.25, 0.3) is 20.8 Å². The number of amides is 1. The highest BCUT2D eigenvalue weighted by Crippen LogP contribution is 2.36. The van der Waals surface area contributed by atoms with Crippen LogP contribution in [-0.2, 0) is 11.2 Å². The number of carbonyl (C=O) groups excluding carboxylic acids is 1. The molecule has 1 amide bonds. The van der Waals surface area contributed by atoms with E-state index < -0.39 is 5.60 Å². The normalized spacial score (nSPS) is 18.2. The lowest BCUT2D eigenvalue weighted by molar-refractivity contribution is -0.0000474. The molecule has 0 spiro atoms. The second-order valence-electron chi connectivity index (χ2n) is 11.1. The average molecular weight is 635 g/mol. The summed E-state index contributed by atoms with van der Waals surface area (Å²) in [4.78, 5) is 23.4.